The van der Waals surface area contributed by atoms with Crippen LogP contribution in [-0.2, 0) is 0 Å². The van der Waals surface area contributed by atoms with E-state index in [1.165, 1.54) is 0 Å². The molecule has 0 unspecified atom stereocenters. The van der Waals surface area contributed by atoms with Gasteiger partial charge >= 0.3 is 0 Å². The molecule has 4 nitrogen and oxygen atoms in total. The van der Waals surface area contributed by atoms with Gasteiger partial charge in [-0.05, 0) is 25.0 Å². The smallest absolute Gasteiger partial charge is 0.114 e. The molecule has 0 atom stereocenters. The van der Waals surface area contributed by atoms with Crippen molar-refractivity contribution in [3.63, 3.8) is 0 Å². The van der Waals surface area contributed by atoms with Crippen LogP contribution in [0.1, 0.15) is 12.8 Å². The molecule has 2 aromatic heterocycles. The summed E-state index contributed by atoms with van der Waals surface area (Å²) in [5.74, 6) is 0.689. The monoisotopic (exact) mass is 250 g/mol. The lowest BCUT2D eigenvalue weighted by Crippen LogP contribution is -2.05. The highest BCUT2D eigenvalue weighted by atomic mass is 35.5. The fraction of sp³-hybridized carbons (Fsp3) is 0.333. The van der Waals surface area contributed by atoms with Crippen LogP contribution in [-0.4, -0.2) is 22.4 Å². The summed E-state index contributed by atoms with van der Waals surface area (Å²) in [7, 11) is 0. The molecule has 0 fully saturated rings. The maximum absolute atomic E-state index is 6.04. The quantitative estimate of drug-likeness (QED) is 0.633. The fourth-order valence-electron chi connectivity index (χ4n) is 1.62. The summed E-state index contributed by atoms with van der Waals surface area (Å²) >= 11 is 5.62. The summed E-state index contributed by atoms with van der Waals surface area (Å²) < 4.78 is 0. The second-order valence-electron chi connectivity index (χ2n) is 3.78. The number of unbranched alkanes of at least 4 members (excludes halogenated alkanes) is 1. The van der Waals surface area contributed by atoms with Crippen LogP contribution < -0.4 is 11.1 Å². The molecule has 2 rings (SSSR count). The third kappa shape index (κ3) is 2.77. The Balaban J connectivity index is 2.15. The van der Waals surface area contributed by atoms with Gasteiger partial charge in [0.2, 0.25) is 0 Å². The van der Waals surface area contributed by atoms with E-state index < -0.39 is 0 Å². The van der Waals surface area contributed by atoms with E-state index in [4.69, 9.17) is 17.3 Å². The number of pyridine rings is 2. The number of nitrogens with one attached hydrogen (secondary N) is 1. The van der Waals surface area contributed by atoms with E-state index in [-0.39, 0.29) is 0 Å². The Morgan fingerprint density at radius 2 is 2.18 bits per heavy atom. The zero-order chi connectivity index (χ0) is 12.1. The molecule has 0 spiro atoms. The Bertz CT molecular complexity index is 501. The van der Waals surface area contributed by atoms with E-state index in [2.05, 4.69) is 15.3 Å². The maximum Gasteiger partial charge on any atom is 0.114 e. The average molecular weight is 251 g/mol. The Labute approximate surface area is 105 Å². The number of alkyl halides is 1. The van der Waals surface area contributed by atoms with Crippen molar-refractivity contribution in [3.8, 4) is 0 Å². The van der Waals surface area contributed by atoms with Crippen molar-refractivity contribution in [3.05, 3.63) is 24.5 Å². The SMILES string of the molecule is Nc1c(NCCCCCl)cnc2cccnc12. The standard InChI is InChI=1S/C12H15ClN4/c13-5-1-2-6-15-10-8-17-9-4-3-7-16-12(9)11(10)14/h3-4,7-8,15H,1-2,5-6H2,(H2,14,17). The van der Waals surface area contributed by atoms with Crippen LogP contribution in [0.25, 0.3) is 11.0 Å². The Morgan fingerprint density at radius 3 is 3.00 bits per heavy atom. The Kier molecular flexibility index (Phi) is 3.98. The molecule has 0 bridgehead atoms. The number of nitrogens with zero attached hydrogens (tertiary/aromatic N) is 2. The lowest BCUT2D eigenvalue weighted by molar-refractivity contribution is 0.839. The molecule has 0 aromatic carbocycles. The summed E-state index contributed by atoms with van der Waals surface area (Å²) in [5, 5.41) is 3.25. The number of fused-ring (bicyclic) bond motifs is 1. The zero-order valence-corrected chi connectivity index (χ0v) is 10.2. The predicted octanol–water partition coefficient (Wildman–Crippen LogP) is 2.64. The van der Waals surface area contributed by atoms with Gasteiger partial charge in [-0.15, -0.1) is 11.6 Å². The van der Waals surface area contributed by atoms with Crippen molar-refractivity contribution >= 4 is 34.0 Å². The largest absolute Gasteiger partial charge is 0.395 e. The van der Waals surface area contributed by atoms with E-state index >= 15 is 0 Å². The molecule has 0 saturated carbocycles. The molecule has 3 N–H and O–H groups in total. The summed E-state index contributed by atoms with van der Waals surface area (Å²) in [4.78, 5) is 8.55. The van der Waals surface area contributed by atoms with Crippen molar-refractivity contribution in [2.75, 3.05) is 23.5 Å². The number of aromatic nitrogens is 2. The number of anilines is 2. The van der Waals surface area contributed by atoms with Crippen LogP contribution in [0.2, 0.25) is 0 Å². The number of halogens is 1. The second-order valence-corrected chi connectivity index (χ2v) is 4.16. The van der Waals surface area contributed by atoms with E-state index in [1.807, 2.05) is 12.1 Å². The normalized spacial score (nSPS) is 10.6. The highest BCUT2D eigenvalue weighted by Gasteiger charge is 2.05. The van der Waals surface area contributed by atoms with E-state index in [0.717, 1.165) is 36.1 Å². The van der Waals surface area contributed by atoms with Crippen molar-refractivity contribution in [1.82, 2.24) is 9.97 Å². The van der Waals surface area contributed by atoms with Gasteiger partial charge in [0.25, 0.3) is 0 Å². The number of rotatable bonds is 5. The Morgan fingerprint density at radius 1 is 1.29 bits per heavy atom. The van der Waals surface area contributed by atoms with Crippen LogP contribution in [0, 0.1) is 0 Å². The second kappa shape index (κ2) is 5.68. The summed E-state index contributed by atoms with van der Waals surface area (Å²) in [6.07, 6.45) is 5.48. The van der Waals surface area contributed by atoms with Crippen molar-refractivity contribution in [1.29, 1.82) is 0 Å². The number of nitrogen functional groups attached to an aromatic ring is 1. The highest BCUT2D eigenvalue weighted by Crippen LogP contribution is 2.24. The first kappa shape index (κ1) is 11.9. The molecule has 0 saturated heterocycles. The lowest BCUT2D eigenvalue weighted by atomic mass is 10.2. The molecule has 5 heteroatoms. The summed E-state index contributed by atoms with van der Waals surface area (Å²) in [6, 6.07) is 3.75. The molecular formula is C12H15ClN4. The highest BCUT2D eigenvalue weighted by molar-refractivity contribution is 6.17. The molecule has 2 heterocycles. The van der Waals surface area contributed by atoms with Gasteiger partial charge < -0.3 is 11.1 Å². The lowest BCUT2D eigenvalue weighted by Gasteiger charge is -2.09. The molecule has 17 heavy (non-hydrogen) atoms. The summed E-state index contributed by atoms with van der Waals surface area (Å²) in [6.45, 7) is 0.844. The van der Waals surface area contributed by atoms with Gasteiger partial charge in [0, 0.05) is 18.6 Å². The third-order valence-corrected chi connectivity index (χ3v) is 2.81. The van der Waals surface area contributed by atoms with Gasteiger partial charge in [0.05, 0.1) is 23.1 Å². The number of hydrogen-bond donors (Lipinski definition) is 2. The molecule has 0 radical (unpaired) electrons. The van der Waals surface area contributed by atoms with Gasteiger partial charge in [0.1, 0.15) is 5.52 Å². The number of nitrogens with two attached hydrogens (primary N) is 1. The van der Waals surface area contributed by atoms with Crippen LogP contribution in [0.15, 0.2) is 24.5 Å². The van der Waals surface area contributed by atoms with Crippen LogP contribution in [0.5, 0.6) is 0 Å². The van der Waals surface area contributed by atoms with Crippen molar-refractivity contribution < 1.29 is 0 Å². The molecule has 90 valence electrons. The first-order chi connectivity index (χ1) is 8.33. The first-order valence-electron chi connectivity index (χ1n) is 5.62. The average Bonchev–Trinajstić information content (AvgIpc) is 2.37. The van der Waals surface area contributed by atoms with Crippen LogP contribution in [0.4, 0.5) is 11.4 Å². The van der Waals surface area contributed by atoms with Gasteiger partial charge in [-0.2, -0.15) is 0 Å². The zero-order valence-electron chi connectivity index (χ0n) is 9.49. The van der Waals surface area contributed by atoms with Gasteiger partial charge in [0.15, 0.2) is 0 Å². The summed E-state index contributed by atoms with van der Waals surface area (Å²) in [5.41, 5.74) is 9.10. The Hall–Kier alpha value is -1.55. The molecule has 0 aliphatic carbocycles. The van der Waals surface area contributed by atoms with Crippen LogP contribution >= 0.6 is 11.6 Å². The molecule has 0 aliphatic rings. The van der Waals surface area contributed by atoms with Gasteiger partial charge in [-0.1, -0.05) is 0 Å². The maximum atomic E-state index is 6.04. The van der Waals surface area contributed by atoms with Crippen molar-refractivity contribution in [2.45, 2.75) is 12.8 Å². The van der Waals surface area contributed by atoms with E-state index in [9.17, 15) is 0 Å². The predicted molar refractivity (Wildman–Crippen MR) is 72.4 cm³/mol. The minimum Gasteiger partial charge on any atom is -0.395 e. The van der Waals surface area contributed by atoms with Gasteiger partial charge in [-0.3, -0.25) is 9.97 Å². The van der Waals surface area contributed by atoms with Crippen molar-refractivity contribution in [2.24, 2.45) is 0 Å². The fourth-order valence-corrected chi connectivity index (χ4v) is 1.81. The van der Waals surface area contributed by atoms with Gasteiger partial charge in [-0.25, -0.2) is 0 Å². The topological polar surface area (TPSA) is 63.8 Å². The minimum atomic E-state index is 0.654. The minimum absolute atomic E-state index is 0.654. The molecular weight excluding hydrogens is 236 g/mol. The molecule has 2 aromatic rings. The van der Waals surface area contributed by atoms with Crippen LogP contribution in [0.3, 0.4) is 0 Å². The molecule has 0 aliphatic heterocycles. The third-order valence-electron chi connectivity index (χ3n) is 2.54. The molecule has 0 amide bonds. The van der Waals surface area contributed by atoms with E-state index in [1.54, 1.807) is 12.4 Å². The van der Waals surface area contributed by atoms with E-state index in [0.29, 0.717) is 11.6 Å². The number of hydrogen-bond acceptors (Lipinski definition) is 4. The first-order valence-corrected chi connectivity index (χ1v) is 6.15.